The fraction of sp³-hybridized carbons (Fsp3) is 0. The second kappa shape index (κ2) is 6.48. The lowest BCUT2D eigenvalue weighted by Crippen LogP contribution is -2.13. The minimum Gasteiger partial charge on any atom is -0.280 e. The third-order valence-corrected chi connectivity index (χ3v) is 5.42. The number of sulfonamides is 1. The highest BCUT2D eigenvalue weighted by atomic mass is 32.2. The topological polar surface area (TPSA) is 74.8 Å². The molecular weight excluding hydrogens is 372 g/mol. The average molecular weight is 385 g/mol. The van der Waals surface area contributed by atoms with E-state index < -0.39 is 21.7 Å². The number of H-pyrrole nitrogens is 1. The molecule has 0 atom stereocenters. The highest BCUT2D eigenvalue weighted by Gasteiger charge is 2.17. The van der Waals surface area contributed by atoms with E-state index in [1.165, 1.54) is 48.5 Å². The molecule has 0 spiro atoms. The number of anilines is 1. The van der Waals surface area contributed by atoms with E-state index in [4.69, 9.17) is 0 Å². The van der Waals surface area contributed by atoms with E-state index in [1.54, 1.807) is 18.2 Å². The van der Waals surface area contributed by atoms with Crippen molar-refractivity contribution in [3.63, 3.8) is 0 Å². The lowest BCUT2D eigenvalue weighted by Gasteiger charge is -2.09. The number of rotatable bonds is 4. The molecule has 5 nitrogen and oxygen atoms in total. The number of nitrogens with one attached hydrogen (secondary N) is 2. The van der Waals surface area contributed by atoms with Gasteiger partial charge in [-0.2, -0.15) is 5.10 Å². The van der Waals surface area contributed by atoms with E-state index in [9.17, 15) is 17.2 Å². The van der Waals surface area contributed by atoms with Crippen LogP contribution in [0.1, 0.15) is 0 Å². The van der Waals surface area contributed by atoms with Crippen LogP contribution in [-0.4, -0.2) is 18.6 Å². The molecule has 0 aliphatic rings. The third-order valence-electron chi connectivity index (χ3n) is 4.04. The monoisotopic (exact) mass is 385 g/mol. The number of aromatic nitrogens is 2. The minimum atomic E-state index is -3.87. The molecule has 0 saturated heterocycles. The molecule has 1 aromatic heterocycles. The van der Waals surface area contributed by atoms with E-state index in [-0.39, 0.29) is 10.6 Å². The molecule has 136 valence electrons. The maximum Gasteiger partial charge on any atom is 0.261 e. The highest BCUT2D eigenvalue weighted by Crippen LogP contribution is 2.28. The predicted octanol–water partition coefficient (Wildman–Crippen LogP) is 4.31. The number of nitrogens with zero attached hydrogens (tertiary/aromatic N) is 1. The normalized spacial score (nSPS) is 11.6. The summed E-state index contributed by atoms with van der Waals surface area (Å²) >= 11 is 0. The van der Waals surface area contributed by atoms with Crippen LogP contribution >= 0.6 is 0 Å². The van der Waals surface area contributed by atoms with Gasteiger partial charge in [0.25, 0.3) is 10.0 Å². The molecule has 8 heteroatoms. The standard InChI is InChI=1S/C19H13F2N3O2S/c20-13-4-7-15(8-5-13)24-27(25,26)16-3-1-2-12(10-16)19-17-9-6-14(21)11-18(17)22-23-19/h1-11,24H,(H,22,23). The van der Waals surface area contributed by atoms with Gasteiger partial charge in [0.15, 0.2) is 0 Å². The van der Waals surface area contributed by atoms with E-state index in [2.05, 4.69) is 14.9 Å². The van der Waals surface area contributed by atoms with Gasteiger partial charge < -0.3 is 0 Å². The maximum absolute atomic E-state index is 13.3. The summed E-state index contributed by atoms with van der Waals surface area (Å²) in [6.45, 7) is 0. The van der Waals surface area contributed by atoms with Crippen molar-refractivity contribution in [1.82, 2.24) is 10.2 Å². The summed E-state index contributed by atoms with van der Waals surface area (Å²) in [5.74, 6) is -0.848. The van der Waals surface area contributed by atoms with E-state index in [0.717, 1.165) is 0 Å². The summed E-state index contributed by atoms with van der Waals surface area (Å²) in [6, 6.07) is 15.5. The van der Waals surface area contributed by atoms with Crippen molar-refractivity contribution < 1.29 is 17.2 Å². The summed E-state index contributed by atoms with van der Waals surface area (Å²) in [5.41, 5.74) is 1.85. The van der Waals surface area contributed by atoms with Gasteiger partial charge >= 0.3 is 0 Å². The van der Waals surface area contributed by atoms with Crippen molar-refractivity contribution in [3.05, 3.63) is 78.4 Å². The first-order chi connectivity index (χ1) is 12.9. The van der Waals surface area contributed by atoms with Gasteiger partial charge in [-0.1, -0.05) is 12.1 Å². The van der Waals surface area contributed by atoms with Gasteiger partial charge in [0, 0.05) is 16.6 Å². The van der Waals surface area contributed by atoms with Gasteiger partial charge in [-0.25, -0.2) is 17.2 Å². The fourth-order valence-electron chi connectivity index (χ4n) is 2.75. The van der Waals surface area contributed by atoms with Crippen LogP contribution in [0.2, 0.25) is 0 Å². The Kier molecular flexibility index (Phi) is 4.12. The summed E-state index contributed by atoms with van der Waals surface area (Å²) in [4.78, 5) is 0.0302. The van der Waals surface area contributed by atoms with Crippen molar-refractivity contribution in [3.8, 4) is 11.3 Å². The second-order valence-corrected chi connectivity index (χ2v) is 7.58. The number of hydrogen-bond donors (Lipinski definition) is 2. The Labute approximate surface area is 153 Å². The third kappa shape index (κ3) is 3.39. The molecule has 0 aliphatic carbocycles. The predicted molar refractivity (Wildman–Crippen MR) is 98.7 cm³/mol. The first-order valence-corrected chi connectivity index (χ1v) is 9.43. The molecule has 0 fully saturated rings. The molecule has 0 radical (unpaired) electrons. The fourth-order valence-corrected chi connectivity index (χ4v) is 3.86. The first-order valence-electron chi connectivity index (χ1n) is 7.95. The molecule has 4 aromatic rings. The Balaban J connectivity index is 1.72. The summed E-state index contributed by atoms with van der Waals surface area (Å²) < 4.78 is 54.0. The molecule has 0 amide bonds. The Morgan fingerprint density at radius 1 is 0.889 bits per heavy atom. The molecule has 1 heterocycles. The molecule has 4 rings (SSSR count). The van der Waals surface area contributed by atoms with Crippen LogP contribution in [0.3, 0.4) is 0 Å². The molecule has 0 saturated carbocycles. The van der Waals surface area contributed by atoms with Crippen LogP contribution < -0.4 is 4.72 Å². The van der Waals surface area contributed by atoms with Gasteiger partial charge in [0.2, 0.25) is 0 Å². The Morgan fingerprint density at radius 2 is 1.63 bits per heavy atom. The van der Waals surface area contributed by atoms with Gasteiger partial charge in [0.1, 0.15) is 11.6 Å². The lowest BCUT2D eigenvalue weighted by molar-refractivity contribution is 0.601. The first kappa shape index (κ1) is 17.2. The molecule has 2 N–H and O–H groups in total. The molecule has 0 bridgehead atoms. The Bertz CT molecular complexity index is 1240. The van der Waals surface area contributed by atoms with E-state index in [0.29, 0.717) is 22.2 Å². The second-order valence-electron chi connectivity index (χ2n) is 5.90. The average Bonchev–Trinajstić information content (AvgIpc) is 3.06. The SMILES string of the molecule is O=S(=O)(Nc1ccc(F)cc1)c1cccc(-c2n[nH]c3cc(F)ccc23)c1. The van der Waals surface area contributed by atoms with E-state index in [1.807, 2.05) is 0 Å². The van der Waals surface area contributed by atoms with Crippen molar-refractivity contribution in [1.29, 1.82) is 0 Å². The van der Waals surface area contributed by atoms with Crippen molar-refractivity contribution >= 4 is 26.6 Å². The summed E-state index contributed by atoms with van der Waals surface area (Å²) in [5, 5.41) is 7.59. The van der Waals surface area contributed by atoms with Crippen molar-refractivity contribution in [2.45, 2.75) is 4.90 Å². The quantitative estimate of drug-likeness (QED) is 0.550. The zero-order valence-electron chi connectivity index (χ0n) is 13.8. The number of benzene rings is 3. The number of fused-ring (bicyclic) bond motifs is 1. The van der Waals surface area contributed by atoms with Crippen LogP contribution in [0.25, 0.3) is 22.2 Å². The van der Waals surface area contributed by atoms with E-state index >= 15 is 0 Å². The maximum atomic E-state index is 13.3. The zero-order valence-corrected chi connectivity index (χ0v) is 14.6. The molecule has 27 heavy (non-hydrogen) atoms. The summed E-state index contributed by atoms with van der Waals surface area (Å²) in [6.07, 6.45) is 0. The van der Waals surface area contributed by atoms with Crippen molar-refractivity contribution in [2.24, 2.45) is 0 Å². The Morgan fingerprint density at radius 3 is 2.41 bits per heavy atom. The van der Waals surface area contributed by atoms with Crippen LogP contribution in [-0.2, 0) is 10.0 Å². The molecule has 0 aliphatic heterocycles. The number of aromatic amines is 1. The van der Waals surface area contributed by atoms with Gasteiger partial charge in [-0.15, -0.1) is 0 Å². The lowest BCUT2D eigenvalue weighted by atomic mass is 10.1. The Hall–Kier alpha value is -3.26. The van der Waals surface area contributed by atoms with Gasteiger partial charge in [-0.05, 0) is 54.6 Å². The zero-order chi connectivity index (χ0) is 19.0. The van der Waals surface area contributed by atoms with Crippen LogP contribution in [0.4, 0.5) is 14.5 Å². The minimum absolute atomic E-state index is 0.0302. The molecular formula is C19H13F2N3O2S. The number of halogens is 2. The largest absolute Gasteiger partial charge is 0.280 e. The molecule has 3 aromatic carbocycles. The van der Waals surface area contributed by atoms with Crippen LogP contribution in [0, 0.1) is 11.6 Å². The highest BCUT2D eigenvalue weighted by molar-refractivity contribution is 7.92. The number of hydrogen-bond acceptors (Lipinski definition) is 3. The van der Waals surface area contributed by atoms with Crippen LogP contribution in [0.15, 0.2) is 71.6 Å². The van der Waals surface area contributed by atoms with Gasteiger partial charge in [0.05, 0.1) is 16.1 Å². The molecule has 0 unspecified atom stereocenters. The summed E-state index contributed by atoms with van der Waals surface area (Å²) in [7, 11) is -3.87. The van der Waals surface area contributed by atoms with Crippen molar-refractivity contribution in [2.75, 3.05) is 4.72 Å². The smallest absolute Gasteiger partial charge is 0.261 e. The van der Waals surface area contributed by atoms with Gasteiger partial charge in [-0.3, -0.25) is 9.82 Å². The van der Waals surface area contributed by atoms with Crippen LogP contribution in [0.5, 0.6) is 0 Å².